The zero-order valence-corrected chi connectivity index (χ0v) is 11.2. The predicted molar refractivity (Wildman–Crippen MR) is 69.3 cm³/mol. The Balaban J connectivity index is 1.94. The lowest BCUT2D eigenvalue weighted by Crippen LogP contribution is -2.68. The van der Waals surface area contributed by atoms with Gasteiger partial charge in [0, 0.05) is 12.4 Å². The molecule has 3 N–H and O–H groups in total. The molecule has 3 atom stereocenters. The Kier molecular flexibility index (Phi) is 3.28. The van der Waals surface area contributed by atoms with Crippen molar-refractivity contribution in [2.45, 2.75) is 36.8 Å². The molecule has 7 heteroatoms. The molecule has 0 aliphatic carbocycles. The summed E-state index contributed by atoms with van der Waals surface area (Å²) in [5, 5.41) is 9.18. The number of carboxylic acids is 1. The lowest BCUT2D eigenvalue weighted by atomic mass is 9.97. The summed E-state index contributed by atoms with van der Waals surface area (Å²) in [7, 11) is 0. The van der Waals surface area contributed by atoms with Crippen molar-refractivity contribution < 1.29 is 19.4 Å². The van der Waals surface area contributed by atoms with Gasteiger partial charge in [0.1, 0.15) is 17.1 Å². The van der Waals surface area contributed by atoms with Crippen molar-refractivity contribution in [3.63, 3.8) is 0 Å². The Morgan fingerprint density at radius 1 is 1.47 bits per heavy atom. The van der Waals surface area contributed by atoms with Crippen molar-refractivity contribution in [2.24, 2.45) is 5.73 Å². The molecular formula is C12H16N2O4S. The monoisotopic (exact) mass is 284 g/mol. The Morgan fingerprint density at radius 2 is 2.26 bits per heavy atom. The molecule has 0 aromatic heterocycles. The zero-order chi connectivity index (χ0) is 13.6. The van der Waals surface area contributed by atoms with Gasteiger partial charge in [0.05, 0.1) is 6.10 Å². The van der Waals surface area contributed by atoms with Crippen molar-refractivity contribution in [2.75, 3.05) is 12.4 Å². The smallest absolute Gasteiger partial charge is 0.352 e. The molecule has 2 saturated heterocycles. The first kappa shape index (κ1) is 13.0. The van der Waals surface area contributed by atoms with E-state index in [1.165, 1.54) is 16.7 Å². The molecule has 19 heavy (non-hydrogen) atoms. The van der Waals surface area contributed by atoms with Gasteiger partial charge in [0.25, 0.3) is 0 Å². The predicted octanol–water partition coefficient (Wildman–Crippen LogP) is 0.137. The highest BCUT2D eigenvalue weighted by Crippen LogP contribution is 2.41. The summed E-state index contributed by atoms with van der Waals surface area (Å²) in [6.45, 7) is 0.655. The van der Waals surface area contributed by atoms with Gasteiger partial charge in [-0.2, -0.15) is 0 Å². The molecule has 6 nitrogen and oxygen atoms in total. The van der Waals surface area contributed by atoms with Crippen LogP contribution in [-0.4, -0.2) is 51.8 Å². The number of aliphatic carboxylic acids is 1. The number of carbonyl (C=O) groups is 2. The molecule has 0 spiro atoms. The molecule has 0 aromatic rings. The molecule has 3 heterocycles. The largest absolute Gasteiger partial charge is 0.477 e. The van der Waals surface area contributed by atoms with E-state index in [1.807, 2.05) is 0 Å². The van der Waals surface area contributed by atoms with Gasteiger partial charge in [-0.1, -0.05) is 0 Å². The summed E-state index contributed by atoms with van der Waals surface area (Å²) >= 11 is 1.53. The third-order valence-electron chi connectivity index (χ3n) is 3.81. The Bertz CT molecular complexity index is 459. The molecular weight excluding hydrogens is 268 g/mol. The van der Waals surface area contributed by atoms with Crippen LogP contribution in [0.25, 0.3) is 0 Å². The fourth-order valence-corrected chi connectivity index (χ4v) is 4.16. The topological polar surface area (TPSA) is 92.9 Å². The number of hydrogen-bond acceptors (Lipinski definition) is 5. The number of rotatable bonds is 2. The number of ether oxygens (including phenoxy) is 1. The van der Waals surface area contributed by atoms with E-state index >= 15 is 0 Å². The second kappa shape index (κ2) is 4.81. The standard InChI is InChI=1S/C12H16N2O4S/c13-8-10(15)14-9(12(16)17)6(5-19-11(8)14)7-3-1-2-4-18-7/h7-8,11H,1-5,13H2,(H,16,17)/t7?,8-,11-/m1/s1. The van der Waals surface area contributed by atoms with Crippen LogP contribution in [0.2, 0.25) is 0 Å². The fraction of sp³-hybridized carbons (Fsp3) is 0.667. The van der Waals surface area contributed by atoms with Gasteiger partial charge in [-0.25, -0.2) is 4.79 Å². The average molecular weight is 284 g/mol. The van der Waals surface area contributed by atoms with Gasteiger partial charge < -0.3 is 15.6 Å². The number of β-lactam (4-membered cyclic amide) rings is 1. The first-order valence-corrected chi connectivity index (χ1v) is 7.44. The Hall–Kier alpha value is -1.05. The van der Waals surface area contributed by atoms with E-state index in [9.17, 15) is 14.7 Å². The first-order chi connectivity index (χ1) is 9.11. The maximum absolute atomic E-state index is 11.8. The number of nitrogens with two attached hydrogens (primary N) is 1. The van der Waals surface area contributed by atoms with E-state index in [4.69, 9.17) is 10.5 Å². The maximum atomic E-state index is 11.8. The number of carbonyl (C=O) groups excluding carboxylic acids is 1. The van der Waals surface area contributed by atoms with Gasteiger partial charge in [0.15, 0.2) is 0 Å². The van der Waals surface area contributed by atoms with Crippen LogP contribution < -0.4 is 5.73 Å². The minimum absolute atomic E-state index is 0.0994. The molecule has 3 aliphatic heterocycles. The second-order valence-electron chi connectivity index (χ2n) is 4.97. The fourth-order valence-electron chi connectivity index (χ4n) is 2.80. The zero-order valence-electron chi connectivity index (χ0n) is 10.4. The van der Waals surface area contributed by atoms with Gasteiger partial charge in [0.2, 0.25) is 5.91 Å². The number of hydrogen-bond donors (Lipinski definition) is 2. The lowest BCUT2D eigenvalue weighted by Gasteiger charge is -2.48. The molecule has 3 aliphatic rings. The van der Waals surface area contributed by atoms with Crippen LogP contribution in [0.15, 0.2) is 11.3 Å². The van der Waals surface area contributed by atoms with Gasteiger partial charge in [-0.3, -0.25) is 9.69 Å². The highest BCUT2D eigenvalue weighted by Gasteiger charge is 2.52. The van der Waals surface area contributed by atoms with Crippen LogP contribution in [0, 0.1) is 0 Å². The molecule has 0 saturated carbocycles. The molecule has 0 radical (unpaired) electrons. The van der Waals surface area contributed by atoms with Crippen molar-refractivity contribution in [3.8, 4) is 0 Å². The SMILES string of the molecule is N[C@@H]1C(=O)N2C(C(=O)O)=C(C3CCCCO3)CS[C@H]12. The number of carboxylic acid groups (broad SMARTS) is 1. The third-order valence-corrected chi connectivity index (χ3v) is 5.13. The molecule has 3 rings (SSSR count). The normalized spacial score (nSPS) is 34.9. The summed E-state index contributed by atoms with van der Waals surface area (Å²) in [4.78, 5) is 24.6. The molecule has 0 aromatic carbocycles. The molecule has 2 fully saturated rings. The highest BCUT2D eigenvalue weighted by atomic mass is 32.2. The van der Waals surface area contributed by atoms with Crippen LogP contribution in [0.3, 0.4) is 0 Å². The van der Waals surface area contributed by atoms with Crippen LogP contribution in [0.4, 0.5) is 0 Å². The molecule has 1 amide bonds. The Morgan fingerprint density at radius 3 is 2.89 bits per heavy atom. The number of nitrogens with zero attached hydrogens (tertiary/aromatic N) is 1. The van der Waals surface area contributed by atoms with E-state index in [0.29, 0.717) is 12.4 Å². The minimum Gasteiger partial charge on any atom is -0.477 e. The average Bonchev–Trinajstić information content (AvgIpc) is 2.45. The van der Waals surface area contributed by atoms with E-state index in [2.05, 4.69) is 0 Å². The van der Waals surface area contributed by atoms with E-state index < -0.39 is 12.0 Å². The summed E-state index contributed by atoms with van der Waals surface area (Å²) in [5.74, 6) is -0.785. The number of amides is 1. The third kappa shape index (κ3) is 1.96. The number of thioether (sulfide) groups is 1. The summed E-state index contributed by atoms with van der Waals surface area (Å²) in [6, 6.07) is -0.576. The van der Waals surface area contributed by atoms with Gasteiger partial charge in [-0.15, -0.1) is 11.8 Å². The lowest BCUT2D eigenvalue weighted by molar-refractivity contribution is -0.148. The summed E-state index contributed by atoms with van der Waals surface area (Å²) < 4.78 is 5.66. The van der Waals surface area contributed by atoms with E-state index in [0.717, 1.165) is 24.8 Å². The van der Waals surface area contributed by atoms with Crippen LogP contribution in [0.5, 0.6) is 0 Å². The van der Waals surface area contributed by atoms with E-state index in [1.54, 1.807) is 0 Å². The maximum Gasteiger partial charge on any atom is 0.352 e. The molecule has 1 unspecified atom stereocenters. The van der Waals surface area contributed by atoms with Crippen molar-refractivity contribution in [1.29, 1.82) is 0 Å². The van der Waals surface area contributed by atoms with Crippen molar-refractivity contribution >= 4 is 23.6 Å². The van der Waals surface area contributed by atoms with E-state index in [-0.39, 0.29) is 23.1 Å². The van der Waals surface area contributed by atoms with Crippen molar-refractivity contribution in [1.82, 2.24) is 4.90 Å². The van der Waals surface area contributed by atoms with Crippen LogP contribution in [-0.2, 0) is 14.3 Å². The minimum atomic E-state index is -1.06. The van der Waals surface area contributed by atoms with Crippen LogP contribution >= 0.6 is 11.8 Å². The quantitative estimate of drug-likeness (QED) is 0.701. The summed E-state index contributed by atoms with van der Waals surface area (Å²) in [5.41, 5.74) is 6.53. The second-order valence-corrected chi connectivity index (χ2v) is 6.07. The molecule has 104 valence electrons. The van der Waals surface area contributed by atoms with Gasteiger partial charge >= 0.3 is 5.97 Å². The summed E-state index contributed by atoms with van der Waals surface area (Å²) in [6.07, 6.45) is 2.70. The molecule has 0 bridgehead atoms. The first-order valence-electron chi connectivity index (χ1n) is 6.39. The number of fused-ring (bicyclic) bond motifs is 1. The van der Waals surface area contributed by atoms with Crippen LogP contribution in [0.1, 0.15) is 19.3 Å². The Labute approximate surface area is 115 Å². The van der Waals surface area contributed by atoms with Crippen molar-refractivity contribution in [3.05, 3.63) is 11.3 Å². The van der Waals surface area contributed by atoms with Gasteiger partial charge in [-0.05, 0) is 24.8 Å². The highest BCUT2D eigenvalue weighted by molar-refractivity contribution is 8.00.